The third kappa shape index (κ3) is 2.17. The summed E-state index contributed by atoms with van der Waals surface area (Å²) >= 11 is 3.35. The van der Waals surface area contributed by atoms with Crippen LogP contribution in [0.25, 0.3) is 0 Å². The SMILES string of the molecule is Brc1cnc(N2CCc3ccccc3C2)nc1. The van der Waals surface area contributed by atoms with E-state index in [-0.39, 0.29) is 0 Å². The quantitative estimate of drug-likeness (QED) is 0.808. The van der Waals surface area contributed by atoms with Crippen LogP contribution in [0.4, 0.5) is 5.95 Å². The standard InChI is InChI=1S/C13H12BrN3/c14-12-7-15-13(16-8-12)17-6-5-10-3-1-2-4-11(10)9-17/h1-4,7-8H,5-6,9H2. The third-order valence-corrected chi connectivity index (χ3v) is 3.43. The first-order valence-corrected chi connectivity index (χ1v) is 6.41. The van der Waals surface area contributed by atoms with E-state index in [1.165, 1.54) is 11.1 Å². The molecule has 0 atom stereocenters. The highest BCUT2D eigenvalue weighted by Crippen LogP contribution is 2.21. The van der Waals surface area contributed by atoms with E-state index in [0.717, 1.165) is 29.9 Å². The molecule has 1 aliphatic rings. The van der Waals surface area contributed by atoms with Crippen LogP contribution in [0.1, 0.15) is 11.1 Å². The van der Waals surface area contributed by atoms with E-state index < -0.39 is 0 Å². The van der Waals surface area contributed by atoms with E-state index in [4.69, 9.17) is 0 Å². The molecule has 0 N–H and O–H groups in total. The van der Waals surface area contributed by atoms with Gasteiger partial charge in [-0.25, -0.2) is 9.97 Å². The number of fused-ring (bicyclic) bond motifs is 1. The summed E-state index contributed by atoms with van der Waals surface area (Å²) in [4.78, 5) is 10.9. The zero-order valence-corrected chi connectivity index (χ0v) is 10.9. The van der Waals surface area contributed by atoms with Gasteiger partial charge < -0.3 is 4.90 Å². The number of benzene rings is 1. The van der Waals surface area contributed by atoms with Crippen LogP contribution in [0.15, 0.2) is 41.1 Å². The molecule has 1 aliphatic heterocycles. The minimum atomic E-state index is 0.808. The van der Waals surface area contributed by atoms with E-state index in [1.807, 2.05) is 0 Å². The van der Waals surface area contributed by atoms with Crippen LogP contribution in [0.2, 0.25) is 0 Å². The first-order chi connectivity index (χ1) is 8.33. The van der Waals surface area contributed by atoms with Crippen molar-refractivity contribution in [2.75, 3.05) is 11.4 Å². The minimum absolute atomic E-state index is 0.808. The van der Waals surface area contributed by atoms with E-state index in [2.05, 4.69) is 55.1 Å². The van der Waals surface area contributed by atoms with Crippen molar-refractivity contribution in [3.63, 3.8) is 0 Å². The van der Waals surface area contributed by atoms with Gasteiger partial charge in [0, 0.05) is 25.5 Å². The van der Waals surface area contributed by atoms with Crippen molar-refractivity contribution in [3.8, 4) is 0 Å². The van der Waals surface area contributed by atoms with Crippen LogP contribution in [-0.4, -0.2) is 16.5 Å². The van der Waals surface area contributed by atoms with Crippen molar-refractivity contribution in [3.05, 3.63) is 52.3 Å². The zero-order valence-electron chi connectivity index (χ0n) is 9.31. The molecule has 0 amide bonds. The Kier molecular flexibility index (Phi) is 2.81. The van der Waals surface area contributed by atoms with Gasteiger partial charge in [-0.2, -0.15) is 0 Å². The highest BCUT2D eigenvalue weighted by atomic mass is 79.9. The number of nitrogens with zero attached hydrogens (tertiary/aromatic N) is 3. The molecule has 4 heteroatoms. The van der Waals surface area contributed by atoms with Crippen molar-refractivity contribution in [1.82, 2.24) is 9.97 Å². The van der Waals surface area contributed by atoms with Gasteiger partial charge in [0.15, 0.2) is 0 Å². The fourth-order valence-electron chi connectivity index (χ4n) is 2.14. The Morgan fingerprint density at radius 2 is 1.76 bits per heavy atom. The van der Waals surface area contributed by atoms with Crippen LogP contribution in [0.3, 0.4) is 0 Å². The maximum Gasteiger partial charge on any atom is 0.225 e. The lowest BCUT2D eigenvalue weighted by Crippen LogP contribution is -2.31. The molecule has 17 heavy (non-hydrogen) atoms. The Morgan fingerprint density at radius 3 is 2.53 bits per heavy atom. The van der Waals surface area contributed by atoms with Gasteiger partial charge in [0.05, 0.1) is 4.47 Å². The average molecular weight is 290 g/mol. The summed E-state index contributed by atoms with van der Waals surface area (Å²) in [6.45, 7) is 1.89. The van der Waals surface area contributed by atoms with Gasteiger partial charge >= 0.3 is 0 Å². The van der Waals surface area contributed by atoms with E-state index in [0.29, 0.717) is 0 Å². The summed E-state index contributed by atoms with van der Waals surface area (Å²) in [5.41, 5.74) is 2.83. The van der Waals surface area contributed by atoms with Crippen molar-refractivity contribution < 1.29 is 0 Å². The van der Waals surface area contributed by atoms with Crippen molar-refractivity contribution in [1.29, 1.82) is 0 Å². The first kappa shape index (κ1) is 10.7. The number of rotatable bonds is 1. The number of hydrogen-bond donors (Lipinski definition) is 0. The molecule has 0 spiro atoms. The summed E-state index contributed by atoms with van der Waals surface area (Å²) < 4.78 is 0.915. The molecule has 86 valence electrons. The van der Waals surface area contributed by atoms with Crippen LogP contribution in [0, 0.1) is 0 Å². The van der Waals surface area contributed by atoms with Crippen molar-refractivity contribution in [2.24, 2.45) is 0 Å². The molecule has 1 aromatic carbocycles. The normalized spacial score (nSPS) is 14.5. The highest BCUT2D eigenvalue weighted by Gasteiger charge is 2.17. The molecule has 2 aromatic rings. The maximum atomic E-state index is 4.34. The smallest absolute Gasteiger partial charge is 0.225 e. The molecule has 0 saturated carbocycles. The lowest BCUT2D eigenvalue weighted by Gasteiger charge is -2.28. The van der Waals surface area contributed by atoms with Crippen LogP contribution < -0.4 is 4.90 Å². The largest absolute Gasteiger partial charge is 0.336 e. The number of halogens is 1. The van der Waals surface area contributed by atoms with Gasteiger partial charge in [-0.3, -0.25) is 0 Å². The van der Waals surface area contributed by atoms with E-state index >= 15 is 0 Å². The zero-order chi connectivity index (χ0) is 11.7. The van der Waals surface area contributed by atoms with Gasteiger partial charge in [0.2, 0.25) is 5.95 Å². The Morgan fingerprint density at radius 1 is 1.06 bits per heavy atom. The molecule has 1 aromatic heterocycles. The number of hydrogen-bond acceptors (Lipinski definition) is 3. The molecule has 0 radical (unpaired) electrons. The van der Waals surface area contributed by atoms with Crippen LogP contribution in [-0.2, 0) is 13.0 Å². The molecule has 0 unspecified atom stereocenters. The average Bonchev–Trinajstić information content (AvgIpc) is 2.39. The molecule has 0 aliphatic carbocycles. The summed E-state index contributed by atoms with van der Waals surface area (Å²) in [6, 6.07) is 8.57. The van der Waals surface area contributed by atoms with Crippen molar-refractivity contribution in [2.45, 2.75) is 13.0 Å². The van der Waals surface area contributed by atoms with Gasteiger partial charge in [0.25, 0.3) is 0 Å². The van der Waals surface area contributed by atoms with Gasteiger partial charge in [-0.1, -0.05) is 24.3 Å². The number of anilines is 1. The molecule has 3 nitrogen and oxygen atoms in total. The molecule has 2 heterocycles. The second-order valence-electron chi connectivity index (χ2n) is 4.14. The fraction of sp³-hybridized carbons (Fsp3) is 0.231. The monoisotopic (exact) mass is 289 g/mol. The fourth-order valence-corrected chi connectivity index (χ4v) is 2.34. The molecular formula is C13H12BrN3. The van der Waals surface area contributed by atoms with Gasteiger partial charge in [-0.05, 0) is 33.5 Å². The number of aromatic nitrogens is 2. The molecule has 0 bridgehead atoms. The summed E-state index contributed by atoms with van der Waals surface area (Å²) in [6.07, 6.45) is 4.65. The summed E-state index contributed by atoms with van der Waals surface area (Å²) in [5.74, 6) is 0.808. The van der Waals surface area contributed by atoms with E-state index in [9.17, 15) is 0 Å². The molecule has 0 fully saturated rings. The Bertz CT molecular complexity index is 524. The second kappa shape index (κ2) is 4.45. The van der Waals surface area contributed by atoms with E-state index in [1.54, 1.807) is 12.4 Å². The summed E-state index contributed by atoms with van der Waals surface area (Å²) in [7, 11) is 0. The lowest BCUT2D eigenvalue weighted by molar-refractivity contribution is 0.707. The Balaban J connectivity index is 1.86. The van der Waals surface area contributed by atoms with Gasteiger partial charge in [0.1, 0.15) is 0 Å². The third-order valence-electron chi connectivity index (χ3n) is 3.02. The molecule has 3 rings (SSSR count). The van der Waals surface area contributed by atoms with Crippen molar-refractivity contribution >= 4 is 21.9 Å². The minimum Gasteiger partial charge on any atom is -0.336 e. The highest BCUT2D eigenvalue weighted by molar-refractivity contribution is 9.10. The topological polar surface area (TPSA) is 29.0 Å². The lowest BCUT2D eigenvalue weighted by atomic mass is 10.0. The molecule has 0 saturated heterocycles. The predicted octanol–water partition coefficient (Wildman–Crippen LogP) is 2.80. The maximum absolute atomic E-state index is 4.34. The van der Waals surface area contributed by atoms with Crippen LogP contribution in [0.5, 0.6) is 0 Å². The predicted molar refractivity (Wildman–Crippen MR) is 70.9 cm³/mol. The Labute approximate surface area is 109 Å². The molecular weight excluding hydrogens is 278 g/mol. The van der Waals surface area contributed by atoms with Crippen LogP contribution >= 0.6 is 15.9 Å². The summed E-state index contributed by atoms with van der Waals surface area (Å²) in [5, 5.41) is 0. The van der Waals surface area contributed by atoms with Gasteiger partial charge in [-0.15, -0.1) is 0 Å². The Hall–Kier alpha value is -1.42. The second-order valence-corrected chi connectivity index (χ2v) is 5.06. The first-order valence-electron chi connectivity index (χ1n) is 5.62.